The van der Waals surface area contributed by atoms with Gasteiger partial charge in [0, 0.05) is 18.7 Å². The van der Waals surface area contributed by atoms with E-state index in [-0.39, 0.29) is 17.7 Å². The summed E-state index contributed by atoms with van der Waals surface area (Å²) in [5.74, 6) is 1.53. The van der Waals surface area contributed by atoms with Crippen molar-refractivity contribution in [1.82, 2.24) is 19.7 Å². The molecular formula is C22H24N6O2. The first kappa shape index (κ1) is 18.9. The van der Waals surface area contributed by atoms with Crippen molar-refractivity contribution in [1.29, 1.82) is 0 Å². The second-order valence-corrected chi connectivity index (χ2v) is 8.95. The predicted octanol–water partition coefficient (Wildman–Crippen LogP) is 3.58. The van der Waals surface area contributed by atoms with E-state index >= 15 is 0 Å². The molecule has 0 radical (unpaired) electrons. The van der Waals surface area contributed by atoms with Crippen molar-refractivity contribution in [2.75, 3.05) is 18.0 Å². The van der Waals surface area contributed by atoms with Crippen LogP contribution in [0.3, 0.4) is 0 Å². The molecule has 0 amide bonds. The standard InChI is InChI=1S/C22H24N6O2/c1-22(2,3)28-21-18(10-24-28)20(27-11-16-8-9-17(12-27)30-16)25-19(26-21)14-4-6-15(7-5-14)23-13-29/h4-7,10,16-17H,8-9,11-12H2,1-3H3. The van der Waals surface area contributed by atoms with Crippen LogP contribution in [0.25, 0.3) is 22.4 Å². The van der Waals surface area contributed by atoms with Gasteiger partial charge in [0.25, 0.3) is 0 Å². The molecule has 3 aromatic rings. The molecule has 2 aliphatic rings. The van der Waals surface area contributed by atoms with Crippen molar-refractivity contribution in [3.05, 3.63) is 30.5 Å². The Balaban J connectivity index is 1.66. The van der Waals surface area contributed by atoms with Crippen LogP contribution >= 0.6 is 0 Å². The summed E-state index contributed by atoms with van der Waals surface area (Å²) in [5, 5.41) is 5.60. The van der Waals surface area contributed by atoms with E-state index in [4.69, 9.17) is 14.7 Å². The number of fused-ring (bicyclic) bond motifs is 3. The van der Waals surface area contributed by atoms with Gasteiger partial charge in [-0.15, -0.1) is 0 Å². The molecule has 0 aliphatic carbocycles. The topological polar surface area (TPSA) is 85.5 Å². The molecule has 30 heavy (non-hydrogen) atoms. The van der Waals surface area contributed by atoms with Crippen LogP contribution in [0.5, 0.6) is 0 Å². The highest BCUT2D eigenvalue weighted by molar-refractivity contribution is 5.89. The number of rotatable bonds is 3. The molecule has 2 unspecified atom stereocenters. The smallest absolute Gasteiger partial charge is 0.240 e. The molecule has 0 saturated carbocycles. The summed E-state index contributed by atoms with van der Waals surface area (Å²) < 4.78 is 7.98. The Kier molecular flexibility index (Phi) is 4.41. The maximum absolute atomic E-state index is 10.5. The second kappa shape index (κ2) is 7.00. The van der Waals surface area contributed by atoms with Gasteiger partial charge >= 0.3 is 0 Å². The zero-order valence-corrected chi connectivity index (χ0v) is 17.4. The average molecular weight is 404 g/mol. The van der Waals surface area contributed by atoms with Crippen LogP contribution in [0.2, 0.25) is 0 Å². The summed E-state index contributed by atoms with van der Waals surface area (Å²) in [6.45, 7) is 8.00. The first-order chi connectivity index (χ1) is 14.4. The van der Waals surface area contributed by atoms with Gasteiger partial charge in [-0.25, -0.2) is 19.4 Å². The van der Waals surface area contributed by atoms with E-state index in [0.29, 0.717) is 11.5 Å². The molecule has 2 saturated heterocycles. The number of carbonyl (C=O) groups excluding carboxylic acids is 1. The lowest BCUT2D eigenvalue weighted by Gasteiger charge is -2.33. The minimum Gasteiger partial charge on any atom is -0.371 e. The molecular weight excluding hydrogens is 380 g/mol. The summed E-state index contributed by atoms with van der Waals surface area (Å²) in [5.41, 5.74) is 2.02. The molecule has 154 valence electrons. The lowest BCUT2D eigenvalue weighted by Crippen LogP contribution is -2.43. The number of isocyanates is 1. The van der Waals surface area contributed by atoms with Crippen LogP contribution in [0.1, 0.15) is 33.6 Å². The monoisotopic (exact) mass is 404 g/mol. The Morgan fingerprint density at radius 1 is 1.10 bits per heavy atom. The van der Waals surface area contributed by atoms with Crippen LogP contribution in [-0.2, 0) is 15.1 Å². The van der Waals surface area contributed by atoms with Gasteiger partial charge in [0.1, 0.15) is 5.82 Å². The van der Waals surface area contributed by atoms with E-state index in [9.17, 15) is 4.79 Å². The van der Waals surface area contributed by atoms with E-state index in [1.54, 1.807) is 18.2 Å². The largest absolute Gasteiger partial charge is 0.371 e. The van der Waals surface area contributed by atoms with Crippen molar-refractivity contribution < 1.29 is 9.53 Å². The fourth-order valence-electron chi connectivity index (χ4n) is 4.28. The first-order valence-corrected chi connectivity index (χ1v) is 10.3. The number of ether oxygens (including phenoxy) is 1. The minimum atomic E-state index is -0.211. The quantitative estimate of drug-likeness (QED) is 0.490. The summed E-state index contributed by atoms with van der Waals surface area (Å²) >= 11 is 0. The Bertz CT molecular complexity index is 1130. The Morgan fingerprint density at radius 2 is 1.80 bits per heavy atom. The molecule has 0 N–H and O–H groups in total. The molecule has 2 fully saturated rings. The van der Waals surface area contributed by atoms with Crippen LogP contribution < -0.4 is 4.90 Å². The molecule has 1 aromatic carbocycles. The van der Waals surface area contributed by atoms with E-state index < -0.39 is 0 Å². The van der Waals surface area contributed by atoms with Gasteiger partial charge < -0.3 is 9.64 Å². The zero-order chi connectivity index (χ0) is 20.9. The Labute approximate surface area is 174 Å². The van der Waals surface area contributed by atoms with Crippen LogP contribution in [0.4, 0.5) is 11.5 Å². The van der Waals surface area contributed by atoms with Crippen molar-refractivity contribution in [2.45, 2.75) is 51.4 Å². The molecule has 5 rings (SSSR count). The molecule has 2 atom stereocenters. The third kappa shape index (κ3) is 3.28. The lowest BCUT2D eigenvalue weighted by atomic mass is 10.1. The van der Waals surface area contributed by atoms with E-state index in [0.717, 1.165) is 48.3 Å². The van der Waals surface area contributed by atoms with Gasteiger partial charge in [-0.3, -0.25) is 0 Å². The summed E-state index contributed by atoms with van der Waals surface area (Å²) in [6, 6.07) is 7.29. The number of anilines is 1. The van der Waals surface area contributed by atoms with E-state index in [1.807, 2.05) is 23.0 Å². The first-order valence-electron chi connectivity index (χ1n) is 10.3. The van der Waals surface area contributed by atoms with Crippen LogP contribution in [0.15, 0.2) is 35.5 Å². The van der Waals surface area contributed by atoms with Crippen LogP contribution in [-0.4, -0.2) is 51.1 Å². The SMILES string of the molecule is CC(C)(C)n1ncc2c(N3CC4CCC(C3)O4)nc(-c3ccc(N=C=O)cc3)nc21. The Hall–Kier alpha value is -3.09. The van der Waals surface area contributed by atoms with E-state index in [2.05, 4.69) is 35.8 Å². The fraction of sp³-hybridized carbons (Fsp3) is 0.455. The predicted molar refractivity (Wildman–Crippen MR) is 114 cm³/mol. The number of morpholine rings is 1. The summed E-state index contributed by atoms with van der Waals surface area (Å²) in [6.07, 6.45) is 6.16. The number of aliphatic imine (C=N–C) groups is 1. The fourth-order valence-corrected chi connectivity index (χ4v) is 4.28. The molecule has 8 nitrogen and oxygen atoms in total. The maximum Gasteiger partial charge on any atom is 0.240 e. The van der Waals surface area contributed by atoms with Crippen molar-refractivity contribution in [3.8, 4) is 11.4 Å². The third-order valence-electron chi connectivity index (χ3n) is 5.69. The van der Waals surface area contributed by atoms with Crippen molar-refractivity contribution in [3.63, 3.8) is 0 Å². The normalized spacial score (nSPS) is 21.1. The van der Waals surface area contributed by atoms with Gasteiger partial charge in [-0.1, -0.05) is 0 Å². The molecule has 2 aromatic heterocycles. The number of hydrogen-bond acceptors (Lipinski definition) is 7. The highest BCUT2D eigenvalue weighted by Gasteiger charge is 2.35. The lowest BCUT2D eigenvalue weighted by molar-refractivity contribution is 0.0303. The number of aromatic nitrogens is 4. The second-order valence-electron chi connectivity index (χ2n) is 8.95. The van der Waals surface area contributed by atoms with Crippen molar-refractivity contribution >= 4 is 28.6 Å². The van der Waals surface area contributed by atoms with Gasteiger partial charge in [0.15, 0.2) is 11.5 Å². The zero-order valence-electron chi connectivity index (χ0n) is 17.4. The molecule has 0 spiro atoms. The molecule has 2 aliphatic heterocycles. The highest BCUT2D eigenvalue weighted by atomic mass is 16.5. The minimum absolute atomic E-state index is 0.211. The third-order valence-corrected chi connectivity index (χ3v) is 5.69. The average Bonchev–Trinajstić information content (AvgIpc) is 3.30. The number of nitrogens with zero attached hydrogens (tertiary/aromatic N) is 6. The highest BCUT2D eigenvalue weighted by Crippen LogP contribution is 2.34. The summed E-state index contributed by atoms with van der Waals surface area (Å²) in [7, 11) is 0. The number of benzene rings is 1. The van der Waals surface area contributed by atoms with Gasteiger partial charge in [-0.05, 0) is 57.9 Å². The summed E-state index contributed by atoms with van der Waals surface area (Å²) in [4.78, 5) is 26.3. The van der Waals surface area contributed by atoms with Gasteiger partial charge in [0.05, 0.1) is 35.0 Å². The molecule has 2 bridgehead atoms. The van der Waals surface area contributed by atoms with Gasteiger partial charge in [0.2, 0.25) is 6.08 Å². The Morgan fingerprint density at radius 3 is 2.43 bits per heavy atom. The van der Waals surface area contributed by atoms with Crippen LogP contribution in [0, 0.1) is 0 Å². The molecule has 8 heteroatoms. The van der Waals surface area contributed by atoms with Gasteiger partial charge in [-0.2, -0.15) is 10.1 Å². The maximum atomic E-state index is 10.5. The molecule has 4 heterocycles. The van der Waals surface area contributed by atoms with Crippen molar-refractivity contribution in [2.24, 2.45) is 4.99 Å². The van der Waals surface area contributed by atoms with E-state index in [1.165, 1.54) is 0 Å². The number of hydrogen-bond donors (Lipinski definition) is 0.